The van der Waals surface area contributed by atoms with E-state index in [1.807, 2.05) is 6.07 Å². The number of rotatable bonds is 3. The molecule has 0 fully saturated rings. The summed E-state index contributed by atoms with van der Waals surface area (Å²) in [5.41, 5.74) is 4.62. The minimum Gasteiger partial charge on any atom is -0.358 e. The second kappa shape index (κ2) is 6.21. The molecule has 0 atom stereocenters. The van der Waals surface area contributed by atoms with Crippen molar-refractivity contribution in [3.8, 4) is 5.69 Å². The van der Waals surface area contributed by atoms with Gasteiger partial charge in [-0.15, -0.1) is 0 Å². The highest BCUT2D eigenvalue weighted by molar-refractivity contribution is 7.71. The normalized spacial score (nSPS) is 11.4. The van der Waals surface area contributed by atoms with Crippen LogP contribution in [0.3, 0.4) is 0 Å². The fraction of sp³-hybridized carbons (Fsp3) is 0.0909. The Morgan fingerprint density at radius 2 is 1.67 bits per heavy atom. The highest BCUT2D eigenvalue weighted by Crippen LogP contribution is 2.27. The summed E-state index contributed by atoms with van der Waals surface area (Å²) in [4.78, 5) is 3.47. The van der Waals surface area contributed by atoms with Crippen LogP contribution in [0.1, 0.15) is 17.1 Å². The number of aromatic nitrogens is 4. The van der Waals surface area contributed by atoms with E-state index in [4.69, 9.17) is 12.2 Å². The lowest BCUT2D eigenvalue weighted by atomic mass is 10.1. The minimum atomic E-state index is 0.610. The monoisotopic (exact) mass is 370 g/mol. The molecule has 0 amide bonds. The Morgan fingerprint density at radius 3 is 2.56 bits per heavy atom. The summed E-state index contributed by atoms with van der Waals surface area (Å²) < 4.78 is 2.66. The molecule has 2 aromatic heterocycles. The third-order valence-corrected chi connectivity index (χ3v) is 5.39. The molecule has 2 heterocycles. The number of nitrogens with one attached hydrogen (secondary N) is 2. The van der Waals surface area contributed by atoms with Crippen molar-refractivity contribution in [3.63, 3.8) is 0 Å². The molecule has 0 spiro atoms. The van der Waals surface area contributed by atoms with Crippen LogP contribution in [0.25, 0.3) is 27.4 Å². The van der Waals surface area contributed by atoms with Gasteiger partial charge in [-0.3, -0.25) is 9.67 Å². The maximum atomic E-state index is 5.58. The first-order chi connectivity index (χ1) is 13.2. The third-order valence-electron chi connectivity index (χ3n) is 5.11. The summed E-state index contributed by atoms with van der Waals surface area (Å²) in [6.07, 6.45) is 0.701. The van der Waals surface area contributed by atoms with Gasteiger partial charge < -0.3 is 4.98 Å². The average Bonchev–Trinajstić information content (AvgIpc) is 3.21. The zero-order chi connectivity index (χ0) is 18.4. The van der Waals surface area contributed by atoms with Crippen molar-refractivity contribution < 1.29 is 0 Å². The molecular weight excluding hydrogens is 352 g/mol. The molecule has 0 aliphatic rings. The van der Waals surface area contributed by atoms with E-state index < -0.39 is 0 Å². The van der Waals surface area contributed by atoms with Gasteiger partial charge in [0, 0.05) is 28.4 Å². The summed E-state index contributed by atoms with van der Waals surface area (Å²) in [7, 11) is 0. The van der Waals surface area contributed by atoms with Crippen LogP contribution in [0.5, 0.6) is 0 Å². The molecule has 5 aromatic rings. The van der Waals surface area contributed by atoms with E-state index >= 15 is 0 Å². The van der Waals surface area contributed by atoms with Crippen LogP contribution < -0.4 is 0 Å². The molecule has 0 unspecified atom stereocenters. The molecule has 0 bridgehead atoms. The fourth-order valence-corrected chi connectivity index (χ4v) is 4.07. The Balaban J connectivity index is 1.70. The first-order valence-corrected chi connectivity index (χ1v) is 9.34. The van der Waals surface area contributed by atoms with Gasteiger partial charge in [0.1, 0.15) is 5.82 Å². The average molecular weight is 370 g/mol. The molecule has 0 saturated heterocycles. The summed E-state index contributed by atoms with van der Waals surface area (Å²) in [6.45, 7) is 2.11. The Hall–Kier alpha value is -3.18. The molecule has 0 saturated carbocycles. The maximum absolute atomic E-state index is 5.58. The van der Waals surface area contributed by atoms with Crippen molar-refractivity contribution in [2.45, 2.75) is 13.3 Å². The number of H-pyrrole nitrogens is 2. The largest absolute Gasteiger partial charge is 0.358 e. The van der Waals surface area contributed by atoms with Crippen molar-refractivity contribution in [2.24, 2.45) is 0 Å². The van der Waals surface area contributed by atoms with Crippen molar-refractivity contribution in [1.82, 2.24) is 19.7 Å². The van der Waals surface area contributed by atoms with E-state index in [1.165, 1.54) is 16.3 Å². The number of para-hydroxylation sites is 1. The van der Waals surface area contributed by atoms with Gasteiger partial charge in [0.2, 0.25) is 0 Å². The van der Waals surface area contributed by atoms with Gasteiger partial charge in [0.25, 0.3) is 0 Å². The van der Waals surface area contributed by atoms with Gasteiger partial charge in [-0.25, -0.2) is 0 Å². The second-order valence-electron chi connectivity index (χ2n) is 6.73. The Bertz CT molecular complexity index is 1330. The third kappa shape index (κ3) is 2.59. The molecule has 4 nitrogen and oxygen atoms in total. The SMILES string of the molecule is Cc1[nH]c2ccccc2c1Cc1n[nH]c(=S)n1-c1cccc2ccccc12. The van der Waals surface area contributed by atoms with Gasteiger partial charge >= 0.3 is 0 Å². The van der Waals surface area contributed by atoms with E-state index in [0.29, 0.717) is 11.2 Å². The van der Waals surface area contributed by atoms with Crippen molar-refractivity contribution >= 4 is 33.9 Å². The first kappa shape index (κ1) is 16.0. The molecule has 0 aliphatic carbocycles. The first-order valence-electron chi connectivity index (χ1n) is 8.93. The number of benzene rings is 3. The van der Waals surface area contributed by atoms with Crippen LogP contribution in [0.2, 0.25) is 0 Å². The van der Waals surface area contributed by atoms with Crippen LogP contribution in [-0.4, -0.2) is 19.7 Å². The molecular formula is C22H18N4S. The van der Waals surface area contributed by atoms with Crippen molar-refractivity contribution in [3.05, 3.63) is 88.6 Å². The standard InChI is InChI=1S/C22H18N4S/c1-14-18(17-10-4-5-11-19(17)23-14)13-21-24-25-22(27)26(21)20-12-6-8-15-7-2-3-9-16(15)20/h2-12,23H,13H2,1H3,(H,25,27). The van der Waals surface area contributed by atoms with Crippen LogP contribution in [-0.2, 0) is 6.42 Å². The lowest BCUT2D eigenvalue weighted by molar-refractivity contribution is 0.905. The highest BCUT2D eigenvalue weighted by atomic mass is 32.1. The summed E-state index contributed by atoms with van der Waals surface area (Å²) in [5.74, 6) is 0.907. The predicted octanol–water partition coefficient (Wildman–Crippen LogP) is 5.46. The van der Waals surface area contributed by atoms with Gasteiger partial charge in [-0.1, -0.05) is 54.6 Å². The lowest BCUT2D eigenvalue weighted by Gasteiger charge is -2.10. The molecule has 0 aliphatic heterocycles. The summed E-state index contributed by atoms with van der Waals surface area (Å²) in [5, 5.41) is 11.1. The van der Waals surface area contributed by atoms with Crippen molar-refractivity contribution in [2.75, 3.05) is 0 Å². The number of fused-ring (bicyclic) bond motifs is 2. The van der Waals surface area contributed by atoms with Crippen LogP contribution in [0, 0.1) is 11.7 Å². The lowest BCUT2D eigenvalue weighted by Crippen LogP contribution is -2.04. The number of hydrogen-bond acceptors (Lipinski definition) is 2. The van der Waals surface area contributed by atoms with E-state index in [0.717, 1.165) is 28.1 Å². The Morgan fingerprint density at radius 1 is 0.926 bits per heavy atom. The minimum absolute atomic E-state index is 0.610. The van der Waals surface area contributed by atoms with Crippen LogP contribution in [0.4, 0.5) is 0 Å². The number of hydrogen-bond donors (Lipinski definition) is 2. The van der Waals surface area contributed by atoms with E-state index in [2.05, 4.69) is 87.3 Å². The molecule has 132 valence electrons. The number of aromatic amines is 2. The Labute approximate surface area is 161 Å². The van der Waals surface area contributed by atoms with Gasteiger partial charge in [0.05, 0.1) is 5.69 Å². The molecule has 2 N–H and O–H groups in total. The van der Waals surface area contributed by atoms with Crippen LogP contribution >= 0.6 is 12.2 Å². The predicted molar refractivity (Wildman–Crippen MR) is 112 cm³/mol. The van der Waals surface area contributed by atoms with E-state index in [1.54, 1.807) is 0 Å². The fourth-order valence-electron chi connectivity index (χ4n) is 3.82. The highest BCUT2D eigenvalue weighted by Gasteiger charge is 2.15. The molecule has 5 rings (SSSR count). The Kier molecular flexibility index (Phi) is 3.69. The van der Waals surface area contributed by atoms with Gasteiger partial charge in [-0.05, 0) is 42.2 Å². The molecule has 0 radical (unpaired) electrons. The molecule has 5 heteroatoms. The summed E-state index contributed by atoms with van der Waals surface area (Å²) in [6, 6.07) is 23.0. The maximum Gasteiger partial charge on any atom is 0.199 e. The molecule has 27 heavy (non-hydrogen) atoms. The van der Waals surface area contributed by atoms with Crippen LogP contribution in [0.15, 0.2) is 66.7 Å². The van der Waals surface area contributed by atoms with E-state index in [-0.39, 0.29) is 0 Å². The van der Waals surface area contributed by atoms with Gasteiger partial charge in [0.15, 0.2) is 4.77 Å². The number of aryl methyl sites for hydroxylation is 1. The number of nitrogens with zero attached hydrogens (tertiary/aromatic N) is 2. The quantitative estimate of drug-likeness (QED) is 0.414. The van der Waals surface area contributed by atoms with E-state index in [9.17, 15) is 0 Å². The smallest absolute Gasteiger partial charge is 0.199 e. The zero-order valence-corrected chi connectivity index (χ0v) is 15.7. The molecule has 3 aromatic carbocycles. The van der Waals surface area contributed by atoms with Gasteiger partial charge in [-0.2, -0.15) is 5.10 Å². The topological polar surface area (TPSA) is 49.4 Å². The second-order valence-corrected chi connectivity index (χ2v) is 7.12. The van der Waals surface area contributed by atoms with Crippen molar-refractivity contribution in [1.29, 1.82) is 0 Å². The zero-order valence-electron chi connectivity index (χ0n) is 14.9. The summed E-state index contributed by atoms with van der Waals surface area (Å²) >= 11 is 5.58.